The highest BCUT2D eigenvalue weighted by Gasteiger charge is 1.97. The van der Waals surface area contributed by atoms with Gasteiger partial charge < -0.3 is 0 Å². The minimum atomic E-state index is -0.0301. The van der Waals surface area contributed by atoms with Crippen molar-refractivity contribution >= 4 is 12.7 Å². The quantitative estimate of drug-likeness (QED) is 0.250. The third-order valence-electron chi connectivity index (χ3n) is 0.706. The molecule has 0 aromatic carbocycles. The molecule has 0 aliphatic rings. The maximum atomic E-state index is 7.95. The number of hydrogen-bond donors (Lipinski definition) is 0. The van der Waals surface area contributed by atoms with Crippen LogP contribution < -0.4 is 0 Å². The van der Waals surface area contributed by atoms with Crippen LogP contribution in [0.25, 0.3) is 10.4 Å². The Bertz CT molecular complexity index is 277. The van der Waals surface area contributed by atoms with Gasteiger partial charge in [0, 0.05) is 11.6 Å². The Hall–Kier alpha value is -1.95. The van der Waals surface area contributed by atoms with Gasteiger partial charge in [0.15, 0.2) is 0 Å². The Morgan fingerprint density at radius 2 is 2.50 bits per heavy atom. The predicted molar refractivity (Wildman–Crippen MR) is 31.6 cm³/mol. The molecule has 1 heterocycles. The molecule has 50 valence electrons. The zero-order valence-electron chi connectivity index (χ0n) is 4.78. The normalized spacial score (nSPS) is 8.40. The van der Waals surface area contributed by atoms with Crippen molar-refractivity contribution in [3.05, 3.63) is 10.4 Å². The van der Waals surface area contributed by atoms with Crippen LogP contribution in [-0.4, -0.2) is 27.0 Å². The summed E-state index contributed by atoms with van der Waals surface area (Å²) in [6, 6.07) is 0. The Kier molecular flexibility index (Phi) is 1.58. The molecule has 0 atom stereocenters. The van der Waals surface area contributed by atoms with Crippen molar-refractivity contribution < 1.29 is 0 Å². The fourth-order valence-electron chi connectivity index (χ4n) is 0.369. The largest absolute Gasteiger partial charge is 0.263 e. The molecule has 0 saturated carbocycles. The van der Waals surface area contributed by atoms with E-state index in [0.29, 0.717) is 0 Å². The van der Waals surface area contributed by atoms with E-state index in [9.17, 15) is 0 Å². The second-order valence-electron chi connectivity index (χ2n) is 1.20. The van der Waals surface area contributed by atoms with Gasteiger partial charge in [-0.15, -0.1) is 9.89 Å². The summed E-state index contributed by atoms with van der Waals surface area (Å²) in [6.45, 7) is 3.13. The van der Waals surface area contributed by atoms with Crippen LogP contribution in [0.5, 0.6) is 0 Å². The summed E-state index contributed by atoms with van der Waals surface area (Å²) >= 11 is 0. The molecule has 0 saturated heterocycles. The van der Waals surface area contributed by atoms with Gasteiger partial charge in [0.1, 0.15) is 0 Å². The van der Waals surface area contributed by atoms with Crippen LogP contribution in [0.15, 0.2) is 10.2 Å². The first-order valence-electron chi connectivity index (χ1n) is 2.19. The Morgan fingerprint density at radius 3 is 3.10 bits per heavy atom. The van der Waals surface area contributed by atoms with Crippen LogP contribution in [0.3, 0.4) is 0 Å². The second kappa shape index (κ2) is 2.55. The van der Waals surface area contributed by atoms with E-state index in [1.165, 1.54) is 0 Å². The number of rotatable bonds is 2. The molecule has 0 unspecified atom stereocenters. The molecule has 0 aliphatic carbocycles. The number of nitrogens with zero attached hydrogens (tertiary/aromatic N) is 8. The van der Waals surface area contributed by atoms with Gasteiger partial charge in [-0.05, 0) is 21.1 Å². The third-order valence-corrected chi connectivity index (χ3v) is 0.706. The molecule has 0 radical (unpaired) electrons. The fourth-order valence-corrected chi connectivity index (χ4v) is 0.369. The minimum absolute atomic E-state index is 0.0301. The van der Waals surface area contributed by atoms with Crippen LogP contribution in [0.4, 0.5) is 5.95 Å². The van der Waals surface area contributed by atoms with Gasteiger partial charge in [-0.1, -0.05) is 0 Å². The van der Waals surface area contributed by atoms with Crippen LogP contribution in [0, 0.1) is 0 Å². The summed E-state index contributed by atoms with van der Waals surface area (Å²) in [4.78, 5) is 3.38. The van der Waals surface area contributed by atoms with Crippen molar-refractivity contribution in [3.8, 4) is 0 Å². The molecular weight excluding hydrogens is 136 g/mol. The van der Waals surface area contributed by atoms with Crippen LogP contribution >= 0.6 is 0 Å². The SMILES string of the molecule is C=Nn1nnnc1N=[N+]=[N-]. The van der Waals surface area contributed by atoms with Crippen molar-refractivity contribution in [2.45, 2.75) is 0 Å². The molecule has 1 aromatic heterocycles. The van der Waals surface area contributed by atoms with E-state index < -0.39 is 0 Å². The Balaban J connectivity index is 3.12. The Morgan fingerprint density at radius 1 is 1.70 bits per heavy atom. The van der Waals surface area contributed by atoms with Gasteiger partial charge >= 0.3 is 0 Å². The standard InChI is InChI=1S/C2H2N8/c1-4-10-2(5-7-3)6-8-9-10/h1H2. The number of azide groups is 1. The van der Waals surface area contributed by atoms with Gasteiger partial charge in [-0.3, -0.25) is 0 Å². The van der Waals surface area contributed by atoms with E-state index in [-0.39, 0.29) is 5.95 Å². The lowest BCUT2D eigenvalue weighted by Crippen LogP contribution is -1.87. The molecule has 0 amide bonds. The highest BCUT2D eigenvalue weighted by molar-refractivity contribution is 5.24. The van der Waals surface area contributed by atoms with Crippen molar-refractivity contribution in [2.75, 3.05) is 0 Å². The van der Waals surface area contributed by atoms with Crippen LogP contribution in [0.2, 0.25) is 0 Å². The molecule has 0 spiro atoms. The molecule has 8 nitrogen and oxygen atoms in total. The molecule has 0 N–H and O–H groups in total. The third kappa shape index (κ3) is 0.906. The molecule has 10 heavy (non-hydrogen) atoms. The number of tetrazole rings is 1. The van der Waals surface area contributed by atoms with Gasteiger partial charge in [-0.2, -0.15) is 5.10 Å². The van der Waals surface area contributed by atoms with Crippen LogP contribution in [-0.2, 0) is 0 Å². The summed E-state index contributed by atoms with van der Waals surface area (Å²) in [5, 5.41) is 16.2. The summed E-state index contributed by atoms with van der Waals surface area (Å²) in [5.41, 5.74) is 7.95. The zero-order chi connectivity index (χ0) is 7.40. The first-order chi connectivity index (χ1) is 4.88. The summed E-state index contributed by atoms with van der Waals surface area (Å²) in [6.07, 6.45) is 0. The van der Waals surface area contributed by atoms with E-state index in [4.69, 9.17) is 5.53 Å². The molecule has 1 aromatic rings. The van der Waals surface area contributed by atoms with Crippen molar-refractivity contribution in [1.29, 1.82) is 0 Å². The van der Waals surface area contributed by atoms with E-state index >= 15 is 0 Å². The first-order valence-corrected chi connectivity index (χ1v) is 2.19. The van der Waals surface area contributed by atoms with E-state index in [2.05, 4.69) is 37.4 Å². The molecule has 1 rings (SSSR count). The Labute approximate surface area is 54.8 Å². The average Bonchev–Trinajstić information content (AvgIpc) is 2.36. The topological polar surface area (TPSA) is 105 Å². The molecule has 0 fully saturated rings. The van der Waals surface area contributed by atoms with Gasteiger partial charge in [0.25, 0.3) is 5.95 Å². The van der Waals surface area contributed by atoms with Crippen LogP contribution in [0.1, 0.15) is 0 Å². The predicted octanol–water partition coefficient (Wildman–Crippen LogP) is 0.0786. The summed E-state index contributed by atoms with van der Waals surface area (Å²) in [7, 11) is 0. The monoisotopic (exact) mass is 138 g/mol. The lowest BCUT2D eigenvalue weighted by atomic mass is 11.1. The second-order valence-corrected chi connectivity index (χ2v) is 1.20. The summed E-state index contributed by atoms with van der Waals surface area (Å²) < 4.78 is 0. The lowest BCUT2D eigenvalue weighted by Gasteiger charge is -1.83. The summed E-state index contributed by atoms with van der Waals surface area (Å²) in [5.74, 6) is -0.0301. The average molecular weight is 138 g/mol. The zero-order valence-corrected chi connectivity index (χ0v) is 4.78. The number of aromatic nitrogens is 4. The van der Waals surface area contributed by atoms with E-state index in [1.54, 1.807) is 0 Å². The highest BCUT2D eigenvalue weighted by Crippen LogP contribution is 2.01. The van der Waals surface area contributed by atoms with Gasteiger partial charge in [0.05, 0.1) is 0 Å². The number of hydrogen-bond acceptors (Lipinski definition) is 5. The molecule has 0 aliphatic heterocycles. The fraction of sp³-hybridized carbons (Fsp3) is 0. The van der Waals surface area contributed by atoms with Crippen molar-refractivity contribution in [2.24, 2.45) is 10.2 Å². The molecular formula is C2H2N8. The maximum absolute atomic E-state index is 7.95. The van der Waals surface area contributed by atoms with Gasteiger partial charge in [-0.25, -0.2) is 0 Å². The first kappa shape index (κ1) is 6.17. The van der Waals surface area contributed by atoms with E-state index in [0.717, 1.165) is 4.79 Å². The minimum Gasteiger partial charge on any atom is -0.164 e. The maximum Gasteiger partial charge on any atom is 0.263 e. The van der Waals surface area contributed by atoms with Crippen molar-refractivity contribution in [3.63, 3.8) is 0 Å². The lowest BCUT2D eigenvalue weighted by molar-refractivity contribution is 0.697. The van der Waals surface area contributed by atoms with E-state index in [1.807, 2.05) is 0 Å². The van der Waals surface area contributed by atoms with Gasteiger partial charge in [0.2, 0.25) is 0 Å². The molecule has 8 heteroatoms. The highest BCUT2D eigenvalue weighted by atomic mass is 15.7. The molecule has 0 bridgehead atoms. The smallest absolute Gasteiger partial charge is 0.164 e. The van der Waals surface area contributed by atoms with Crippen molar-refractivity contribution in [1.82, 2.24) is 20.3 Å².